The molecule has 0 aromatic heterocycles. The molecular weight excluding hydrogens is 342 g/mol. The van der Waals surface area contributed by atoms with Gasteiger partial charge in [0.05, 0.1) is 18.6 Å². The van der Waals surface area contributed by atoms with Crippen LogP contribution < -0.4 is 5.32 Å². The summed E-state index contributed by atoms with van der Waals surface area (Å²) in [6, 6.07) is -0.628. The summed E-state index contributed by atoms with van der Waals surface area (Å²) in [6.07, 6.45) is 12.4. The number of carbonyl (C=O) groups is 2. The van der Waals surface area contributed by atoms with Gasteiger partial charge in [0.2, 0.25) is 0 Å². The van der Waals surface area contributed by atoms with Crippen LogP contribution in [0.1, 0.15) is 105 Å². The van der Waals surface area contributed by atoms with E-state index in [0.717, 1.165) is 12.8 Å². The lowest BCUT2D eigenvalue weighted by Gasteiger charge is -2.19. The Balaban J connectivity index is 3.97. The van der Waals surface area contributed by atoms with E-state index in [4.69, 9.17) is 9.47 Å². The van der Waals surface area contributed by atoms with Crippen LogP contribution in [0.5, 0.6) is 0 Å². The Labute approximate surface area is 167 Å². The fourth-order valence-electron chi connectivity index (χ4n) is 2.92. The minimum Gasteiger partial charge on any atom is -0.463 e. The van der Waals surface area contributed by atoms with E-state index in [-0.39, 0.29) is 30.6 Å². The van der Waals surface area contributed by atoms with E-state index in [0.29, 0.717) is 6.54 Å². The number of esters is 2. The Morgan fingerprint density at radius 1 is 0.741 bits per heavy atom. The monoisotopic (exact) mass is 385 g/mol. The van der Waals surface area contributed by atoms with Gasteiger partial charge >= 0.3 is 11.9 Å². The van der Waals surface area contributed by atoms with E-state index >= 15 is 0 Å². The van der Waals surface area contributed by atoms with Crippen molar-refractivity contribution in [3.8, 4) is 0 Å². The molecule has 0 spiro atoms. The van der Waals surface area contributed by atoms with E-state index in [2.05, 4.69) is 12.2 Å². The van der Waals surface area contributed by atoms with Gasteiger partial charge in [-0.15, -0.1) is 0 Å². The Hall–Kier alpha value is -1.10. The van der Waals surface area contributed by atoms with Crippen molar-refractivity contribution < 1.29 is 19.1 Å². The van der Waals surface area contributed by atoms with Gasteiger partial charge in [-0.2, -0.15) is 0 Å². The minimum absolute atomic E-state index is 0.0154. The van der Waals surface area contributed by atoms with E-state index in [1.165, 1.54) is 51.4 Å². The van der Waals surface area contributed by atoms with E-state index in [1.54, 1.807) is 13.8 Å². The van der Waals surface area contributed by atoms with Gasteiger partial charge in [0.1, 0.15) is 6.04 Å². The van der Waals surface area contributed by atoms with Crippen molar-refractivity contribution in [1.82, 2.24) is 5.32 Å². The maximum Gasteiger partial charge on any atom is 0.323 e. The number of nitrogens with one attached hydrogen (secondary N) is 1. The maximum atomic E-state index is 12.2. The first kappa shape index (κ1) is 25.9. The third-order valence-electron chi connectivity index (χ3n) is 4.30. The first-order valence-corrected chi connectivity index (χ1v) is 11.0. The highest BCUT2D eigenvalue weighted by Gasteiger charge is 2.24. The zero-order valence-electron chi connectivity index (χ0n) is 18.4. The number of unbranched alkanes of at least 4 members (excludes halogenated alkanes) is 9. The van der Waals surface area contributed by atoms with E-state index in [1.807, 2.05) is 13.8 Å². The molecule has 1 atom stereocenters. The summed E-state index contributed by atoms with van der Waals surface area (Å²) in [7, 11) is 0. The average Bonchev–Trinajstić information content (AvgIpc) is 2.57. The van der Waals surface area contributed by atoms with Crippen molar-refractivity contribution >= 4 is 11.9 Å². The van der Waals surface area contributed by atoms with Gasteiger partial charge in [0.15, 0.2) is 0 Å². The molecule has 0 aliphatic carbocycles. The molecule has 0 aliphatic rings. The van der Waals surface area contributed by atoms with Gasteiger partial charge in [0, 0.05) is 0 Å². The van der Waals surface area contributed by atoms with Gasteiger partial charge in [-0.25, -0.2) is 0 Å². The third-order valence-corrected chi connectivity index (χ3v) is 4.30. The van der Waals surface area contributed by atoms with Crippen LogP contribution >= 0.6 is 0 Å². The van der Waals surface area contributed by atoms with E-state index < -0.39 is 6.04 Å². The average molecular weight is 386 g/mol. The lowest BCUT2D eigenvalue weighted by molar-refractivity contribution is -0.156. The quantitative estimate of drug-likeness (QED) is 0.277. The third kappa shape index (κ3) is 16.8. The second-order valence-electron chi connectivity index (χ2n) is 7.92. The van der Waals surface area contributed by atoms with Crippen LogP contribution in [-0.2, 0) is 19.1 Å². The second-order valence-corrected chi connectivity index (χ2v) is 7.92. The highest BCUT2D eigenvalue weighted by Crippen LogP contribution is 2.10. The van der Waals surface area contributed by atoms with Crippen molar-refractivity contribution in [2.45, 2.75) is 123 Å². The zero-order valence-corrected chi connectivity index (χ0v) is 18.4. The number of hydrogen-bond acceptors (Lipinski definition) is 5. The van der Waals surface area contributed by atoms with Gasteiger partial charge < -0.3 is 14.8 Å². The fraction of sp³-hybridized carbons (Fsp3) is 0.909. The molecule has 27 heavy (non-hydrogen) atoms. The second kappa shape index (κ2) is 17.0. The standard InChI is InChI=1S/C22H43NO4/c1-6-7-8-9-10-11-12-13-14-15-16-23-20(22(25)27-19(4)5)17-21(24)26-18(2)3/h18-20,23H,6-17H2,1-5H3/t20-/m0/s1. The molecule has 0 bridgehead atoms. The molecule has 160 valence electrons. The topological polar surface area (TPSA) is 64.6 Å². The minimum atomic E-state index is -0.628. The van der Waals surface area contributed by atoms with Crippen LogP contribution in [0.25, 0.3) is 0 Å². The summed E-state index contributed by atoms with van der Waals surface area (Å²) >= 11 is 0. The highest BCUT2D eigenvalue weighted by molar-refractivity contribution is 5.82. The predicted octanol–water partition coefficient (Wildman–Crippen LogP) is 5.16. The van der Waals surface area contributed by atoms with Crippen molar-refractivity contribution in [1.29, 1.82) is 0 Å². The molecule has 0 saturated heterocycles. The Kier molecular flexibility index (Phi) is 16.3. The molecule has 0 aliphatic heterocycles. The molecule has 0 rings (SSSR count). The molecular formula is C22H43NO4. The SMILES string of the molecule is CCCCCCCCCCCCN[C@@H](CC(=O)OC(C)C)C(=O)OC(C)C. The molecule has 0 radical (unpaired) electrons. The molecule has 5 nitrogen and oxygen atoms in total. The zero-order chi connectivity index (χ0) is 20.5. The summed E-state index contributed by atoms with van der Waals surface area (Å²) < 4.78 is 10.4. The molecule has 0 saturated carbocycles. The summed E-state index contributed by atoms with van der Waals surface area (Å²) in [5.74, 6) is -0.746. The molecule has 0 unspecified atom stereocenters. The summed E-state index contributed by atoms with van der Waals surface area (Å²) in [4.78, 5) is 24.1. The first-order chi connectivity index (χ1) is 12.9. The molecule has 0 aromatic rings. The predicted molar refractivity (Wildman–Crippen MR) is 111 cm³/mol. The maximum absolute atomic E-state index is 12.2. The summed E-state index contributed by atoms with van der Waals surface area (Å²) in [5.41, 5.74) is 0. The normalized spacial score (nSPS) is 12.4. The number of rotatable bonds is 17. The molecule has 0 fully saturated rings. The smallest absolute Gasteiger partial charge is 0.323 e. The van der Waals surface area contributed by atoms with Gasteiger partial charge in [-0.1, -0.05) is 64.7 Å². The molecule has 5 heteroatoms. The van der Waals surface area contributed by atoms with Crippen molar-refractivity contribution in [2.75, 3.05) is 6.54 Å². The van der Waals surface area contributed by atoms with Gasteiger partial charge in [0.25, 0.3) is 0 Å². The number of ether oxygens (including phenoxy) is 2. The largest absolute Gasteiger partial charge is 0.463 e. The molecule has 1 N–H and O–H groups in total. The van der Waals surface area contributed by atoms with Crippen LogP contribution in [0.15, 0.2) is 0 Å². The molecule has 0 aromatic carbocycles. The molecule has 0 heterocycles. The first-order valence-electron chi connectivity index (χ1n) is 11.0. The fourth-order valence-corrected chi connectivity index (χ4v) is 2.92. The number of carbonyl (C=O) groups excluding carboxylic acids is 2. The Bertz CT molecular complexity index is 383. The van der Waals surface area contributed by atoms with Crippen LogP contribution in [0.3, 0.4) is 0 Å². The van der Waals surface area contributed by atoms with E-state index in [9.17, 15) is 9.59 Å². The Morgan fingerprint density at radius 2 is 1.22 bits per heavy atom. The van der Waals surface area contributed by atoms with Crippen LogP contribution in [-0.4, -0.2) is 36.7 Å². The lowest BCUT2D eigenvalue weighted by Crippen LogP contribution is -2.41. The van der Waals surface area contributed by atoms with Crippen molar-refractivity contribution in [3.05, 3.63) is 0 Å². The Morgan fingerprint density at radius 3 is 1.70 bits per heavy atom. The van der Waals surface area contributed by atoms with Crippen LogP contribution in [0.4, 0.5) is 0 Å². The summed E-state index contributed by atoms with van der Waals surface area (Å²) in [5, 5.41) is 3.18. The lowest BCUT2D eigenvalue weighted by atomic mass is 10.1. The highest BCUT2D eigenvalue weighted by atomic mass is 16.6. The number of hydrogen-bond donors (Lipinski definition) is 1. The van der Waals surface area contributed by atoms with Crippen molar-refractivity contribution in [3.63, 3.8) is 0 Å². The molecule has 0 amide bonds. The van der Waals surface area contributed by atoms with Crippen molar-refractivity contribution in [2.24, 2.45) is 0 Å². The van der Waals surface area contributed by atoms with Crippen LogP contribution in [0, 0.1) is 0 Å². The summed E-state index contributed by atoms with van der Waals surface area (Å²) in [6.45, 7) is 10.2. The van der Waals surface area contributed by atoms with Gasteiger partial charge in [-0.3, -0.25) is 9.59 Å². The van der Waals surface area contributed by atoms with Crippen LogP contribution in [0.2, 0.25) is 0 Å². The van der Waals surface area contributed by atoms with Gasteiger partial charge in [-0.05, 0) is 40.7 Å².